The van der Waals surface area contributed by atoms with Crippen molar-refractivity contribution in [3.63, 3.8) is 0 Å². The standard InChI is InChI=1S/C36H70N2O5/c1-7-10-12-14-15-20-24-33(23-19-13-11-8-2)36(41)43-31-29-38(34(39)26-27-37(6)9-3)28-30-42-35(40)25-21-17-16-18-22-32(4)5/h32-33H,7-31H2,1-6H3. The number of esters is 2. The number of carbonyl (C=O) groups excluding carboxylic acids is 3. The minimum absolute atomic E-state index is 0.000690. The van der Waals surface area contributed by atoms with Gasteiger partial charge in [0.2, 0.25) is 5.91 Å². The number of hydrogen-bond acceptors (Lipinski definition) is 6. The van der Waals surface area contributed by atoms with Crippen molar-refractivity contribution in [2.45, 2.75) is 157 Å². The second kappa shape index (κ2) is 29.1. The van der Waals surface area contributed by atoms with Gasteiger partial charge in [0.15, 0.2) is 0 Å². The molecule has 43 heavy (non-hydrogen) atoms. The average molecular weight is 611 g/mol. The summed E-state index contributed by atoms with van der Waals surface area (Å²) in [5.41, 5.74) is 0. The zero-order valence-electron chi connectivity index (χ0n) is 29.3. The van der Waals surface area contributed by atoms with Gasteiger partial charge in [0.05, 0.1) is 19.0 Å². The van der Waals surface area contributed by atoms with Crippen molar-refractivity contribution in [1.82, 2.24) is 9.80 Å². The van der Waals surface area contributed by atoms with E-state index < -0.39 is 0 Å². The molecule has 7 nitrogen and oxygen atoms in total. The van der Waals surface area contributed by atoms with Crippen molar-refractivity contribution in [3.05, 3.63) is 0 Å². The van der Waals surface area contributed by atoms with Crippen LogP contribution in [0.4, 0.5) is 0 Å². The van der Waals surface area contributed by atoms with E-state index in [-0.39, 0.29) is 37.0 Å². The van der Waals surface area contributed by atoms with Gasteiger partial charge in [-0.05, 0) is 38.8 Å². The third kappa shape index (κ3) is 25.4. The summed E-state index contributed by atoms with van der Waals surface area (Å²) >= 11 is 0. The molecule has 0 saturated carbocycles. The lowest BCUT2D eigenvalue weighted by Gasteiger charge is -2.24. The van der Waals surface area contributed by atoms with Crippen LogP contribution in [-0.2, 0) is 23.9 Å². The van der Waals surface area contributed by atoms with Crippen LogP contribution in [0.2, 0.25) is 0 Å². The molecule has 0 aliphatic carbocycles. The van der Waals surface area contributed by atoms with Gasteiger partial charge >= 0.3 is 11.9 Å². The minimum atomic E-state index is -0.200. The summed E-state index contributed by atoms with van der Waals surface area (Å²) in [6, 6.07) is 0. The van der Waals surface area contributed by atoms with Crippen LogP contribution >= 0.6 is 0 Å². The van der Waals surface area contributed by atoms with Gasteiger partial charge in [-0.1, -0.05) is 125 Å². The highest BCUT2D eigenvalue weighted by atomic mass is 16.5. The van der Waals surface area contributed by atoms with Crippen molar-refractivity contribution in [1.29, 1.82) is 0 Å². The lowest BCUT2D eigenvalue weighted by atomic mass is 9.94. The highest BCUT2D eigenvalue weighted by molar-refractivity contribution is 5.76. The van der Waals surface area contributed by atoms with Crippen LogP contribution in [0.5, 0.6) is 0 Å². The first kappa shape index (κ1) is 41.4. The van der Waals surface area contributed by atoms with E-state index in [0.29, 0.717) is 32.5 Å². The van der Waals surface area contributed by atoms with Gasteiger partial charge in [0.1, 0.15) is 13.2 Å². The number of hydrogen-bond donors (Lipinski definition) is 0. The van der Waals surface area contributed by atoms with Crippen LogP contribution in [0.25, 0.3) is 0 Å². The number of rotatable bonds is 30. The maximum atomic E-state index is 13.1. The van der Waals surface area contributed by atoms with Gasteiger partial charge in [-0.2, -0.15) is 0 Å². The molecular weight excluding hydrogens is 540 g/mol. The van der Waals surface area contributed by atoms with E-state index in [1.807, 2.05) is 7.05 Å². The summed E-state index contributed by atoms with van der Waals surface area (Å²) in [6.45, 7) is 13.5. The van der Waals surface area contributed by atoms with Crippen LogP contribution in [0.1, 0.15) is 157 Å². The Bertz CT molecular complexity index is 685. The van der Waals surface area contributed by atoms with Crippen molar-refractivity contribution in [3.8, 4) is 0 Å². The first-order valence-electron chi connectivity index (χ1n) is 18.0. The Morgan fingerprint density at radius 2 is 1.12 bits per heavy atom. The Morgan fingerprint density at radius 3 is 1.70 bits per heavy atom. The van der Waals surface area contributed by atoms with Gasteiger partial charge in [0.25, 0.3) is 0 Å². The topological polar surface area (TPSA) is 76.1 Å². The molecule has 0 saturated heterocycles. The lowest BCUT2D eigenvalue weighted by molar-refractivity contribution is -0.151. The second-order valence-corrected chi connectivity index (χ2v) is 12.9. The molecule has 0 aliphatic rings. The molecule has 0 aromatic heterocycles. The van der Waals surface area contributed by atoms with E-state index in [9.17, 15) is 14.4 Å². The van der Waals surface area contributed by atoms with Gasteiger partial charge in [0, 0.05) is 19.4 Å². The molecule has 254 valence electrons. The Hall–Kier alpha value is -1.63. The van der Waals surface area contributed by atoms with Gasteiger partial charge in [-0.15, -0.1) is 0 Å². The summed E-state index contributed by atoms with van der Waals surface area (Å²) in [5.74, 6) is 0.345. The van der Waals surface area contributed by atoms with Crippen molar-refractivity contribution >= 4 is 17.8 Å². The van der Waals surface area contributed by atoms with Gasteiger partial charge < -0.3 is 19.3 Å². The number of carbonyl (C=O) groups is 3. The Balaban J connectivity index is 4.78. The fourth-order valence-corrected chi connectivity index (χ4v) is 5.22. The van der Waals surface area contributed by atoms with Crippen molar-refractivity contribution in [2.24, 2.45) is 11.8 Å². The zero-order valence-corrected chi connectivity index (χ0v) is 29.3. The molecule has 0 fully saturated rings. The molecule has 0 bridgehead atoms. The van der Waals surface area contributed by atoms with Crippen LogP contribution in [0, 0.1) is 11.8 Å². The lowest BCUT2D eigenvalue weighted by Crippen LogP contribution is -2.39. The molecule has 0 aromatic rings. The van der Waals surface area contributed by atoms with Crippen LogP contribution < -0.4 is 0 Å². The monoisotopic (exact) mass is 611 g/mol. The smallest absolute Gasteiger partial charge is 0.308 e. The SMILES string of the molecule is CCCCCCCCC(CCCCCC)C(=O)OCCN(CCOC(=O)CCCCCCC(C)C)C(=O)CCN(C)CC. The first-order valence-corrected chi connectivity index (χ1v) is 18.0. The van der Waals surface area contributed by atoms with Crippen molar-refractivity contribution in [2.75, 3.05) is 46.4 Å². The Labute approximate surface area is 266 Å². The van der Waals surface area contributed by atoms with Crippen LogP contribution in [0.15, 0.2) is 0 Å². The molecule has 0 N–H and O–H groups in total. The Kier molecular flexibility index (Phi) is 28.0. The molecule has 1 amide bonds. The number of nitrogens with zero attached hydrogens (tertiary/aromatic N) is 2. The summed E-state index contributed by atoms with van der Waals surface area (Å²) in [4.78, 5) is 42.2. The van der Waals surface area contributed by atoms with E-state index >= 15 is 0 Å². The molecule has 0 aliphatic heterocycles. The zero-order chi connectivity index (χ0) is 32.1. The maximum absolute atomic E-state index is 13.1. The number of amides is 1. The second-order valence-electron chi connectivity index (χ2n) is 12.9. The van der Waals surface area contributed by atoms with E-state index in [1.54, 1.807) is 4.90 Å². The first-order chi connectivity index (χ1) is 20.7. The molecule has 0 aromatic carbocycles. The highest BCUT2D eigenvalue weighted by Gasteiger charge is 2.21. The predicted molar refractivity (Wildman–Crippen MR) is 179 cm³/mol. The largest absolute Gasteiger partial charge is 0.464 e. The third-order valence-electron chi connectivity index (χ3n) is 8.39. The van der Waals surface area contributed by atoms with Crippen LogP contribution in [-0.4, -0.2) is 74.1 Å². The Morgan fingerprint density at radius 1 is 0.605 bits per heavy atom. The number of unbranched alkanes of at least 4 members (excludes halogenated alkanes) is 11. The van der Waals surface area contributed by atoms with E-state index in [1.165, 1.54) is 57.8 Å². The minimum Gasteiger partial charge on any atom is -0.464 e. The quantitative estimate of drug-likeness (QED) is 0.0599. The molecular formula is C36H70N2O5. The fraction of sp³-hybridized carbons (Fsp3) is 0.917. The molecule has 0 spiro atoms. The molecule has 0 rings (SSSR count). The van der Waals surface area contributed by atoms with Gasteiger partial charge in [-0.3, -0.25) is 14.4 Å². The summed E-state index contributed by atoms with van der Waals surface area (Å²) in [6.07, 6.45) is 19.9. The normalized spacial score (nSPS) is 12.1. The van der Waals surface area contributed by atoms with E-state index in [0.717, 1.165) is 63.8 Å². The maximum Gasteiger partial charge on any atom is 0.308 e. The van der Waals surface area contributed by atoms with Gasteiger partial charge in [-0.25, -0.2) is 0 Å². The van der Waals surface area contributed by atoms with E-state index in [2.05, 4.69) is 39.5 Å². The molecule has 0 radical (unpaired) electrons. The van der Waals surface area contributed by atoms with Crippen molar-refractivity contribution < 1.29 is 23.9 Å². The van der Waals surface area contributed by atoms with Crippen LogP contribution in [0.3, 0.4) is 0 Å². The summed E-state index contributed by atoms with van der Waals surface area (Å²) in [5, 5.41) is 0. The van der Waals surface area contributed by atoms with E-state index in [4.69, 9.17) is 9.47 Å². The fourth-order valence-electron chi connectivity index (χ4n) is 5.22. The number of ether oxygens (including phenoxy) is 2. The summed E-state index contributed by atoms with van der Waals surface area (Å²) in [7, 11) is 1.99. The average Bonchev–Trinajstić information content (AvgIpc) is 2.99. The predicted octanol–water partition coefficient (Wildman–Crippen LogP) is 8.58. The highest BCUT2D eigenvalue weighted by Crippen LogP contribution is 2.20. The molecule has 1 unspecified atom stereocenters. The molecule has 1 atom stereocenters. The molecule has 7 heteroatoms. The third-order valence-corrected chi connectivity index (χ3v) is 8.39. The molecule has 0 heterocycles. The summed E-state index contributed by atoms with van der Waals surface area (Å²) < 4.78 is 11.2.